The Kier molecular flexibility index (Phi) is 12.7. The molecule has 2 aromatic carbocycles. The lowest BCUT2D eigenvalue weighted by Crippen LogP contribution is -2.47. The maximum Gasteiger partial charge on any atom is 0.274 e. The van der Waals surface area contributed by atoms with Crippen molar-refractivity contribution in [1.29, 1.82) is 0 Å². The fourth-order valence-corrected chi connectivity index (χ4v) is 7.48. The average molecular weight is 782 g/mol. The van der Waals surface area contributed by atoms with Gasteiger partial charge in [0.1, 0.15) is 22.8 Å². The molecule has 0 spiro atoms. The topological polar surface area (TPSA) is 184 Å². The first-order valence-electron chi connectivity index (χ1n) is 19.0. The monoisotopic (exact) mass is 781 g/mol. The van der Waals surface area contributed by atoms with Crippen LogP contribution in [0.5, 0.6) is 11.5 Å². The predicted octanol–water partition coefficient (Wildman–Crippen LogP) is 3.05. The zero-order valence-corrected chi connectivity index (χ0v) is 32.6. The maximum atomic E-state index is 13.1. The number of ether oxygens (including phenoxy) is 3. The second-order valence-corrected chi connectivity index (χ2v) is 14.3. The number of amides is 4. The molecule has 4 aromatic rings. The molecule has 57 heavy (non-hydrogen) atoms. The summed E-state index contributed by atoms with van der Waals surface area (Å²) in [4.78, 5) is 88.8. The summed E-state index contributed by atoms with van der Waals surface area (Å²) in [7, 11) is 6.75. The van der Waals surface area contributed by atoms with E-state index in [-0.39, 0.29) is 86.1 Å². The van der Waals surface area contributed by atoms with Crippen molar-refractivity contribution >= 4 is 46.1 Å². The van der Waals surface area contributed by atoms with Gasteiger partial charge in [-0.2, -0.15) is 0 Å². The molecular formula is C42H47N5O10. The van der Waals surface area contributed by atoms with Crippen molar-refractivity contribution < 1.29 is 43.0 Å². The van der Waals surface area contributed by atoms with Crippen molar-refractivity contribution in [3.63, 3.8) is 0 Å². The van der Waals surface area contributed by atoms with Crippen LogP contribution in [0, 0.1) is 0 Å². The largest absolute Gasteiger partial charge is 0.496 e. The molecular weight excluding hydrogens is 734 g/mol. The number of carbonyl (C=O) groups excluding carboxylic acids is 6. The molecule has 3 heterocycles. The number of imide groups is 1. The summed E-state index contributed by atoms with van der Waals surface area (Å²) < 4.78 is 20.4. The third-order valence-corrected chi connectivity index (χ3v) is 10.5. The molecule has 15 nitrogen and oxygen atoms in total. The van der Waals surface area contributed by atoms with Crippen LogP contribution >= 0.6 is 0 Å². The fourth-order valence-electron chi connectivity index (χ4n) is 7.48. The number of fused-ring (bicyclic) bond motifs is 2. The summed E-state index contributed by atoms with van der Waals surface area (Å²) in [6.45, 7) is 1.11. The summed E-state index contributed by atoms with van der Waals surface area (Å²) in [5.41, 5.74) is 4.19. The van der Waals surface area contributed by atoms with Crippen LogP contribution in [-0.2, 0) is 50.9 Å². The quantitative estimate of drug-likeness (QED) is 0.0918. The van der Waals surface area contributed by atoms with Crippen LogP contribution in [0.15, 0.2) is 53.6 Å². The highest BCUT2D eigenvalue weighted by Gasteiger charge is 2.44. The number of methoxy groups -OCH3 is 2. The molecule has 15 heteroatoms. The first-order chi connectivity index (χ1) is 27.4. The number of aromatic nitrogens is 2. The van der Waals surface area contributed by atoms with Gasteiger partial charge < -0.3 is 34.0 Å². The molecule has 1 aliphatic heterocycles. The molecule has 0 radical (unpaired) electrons. The van der Waals surface area contributed by atoms with Crippen LogP contribution in [0.1, 0.15) is 70.4 Å². The van der Waals surface area contributed by atoms with Crippen LogP contribution < -0.4 is 25.7 Å². The van der Waals surface area contributed by atoms with Crippen LogP contribution in [0.4, 0.5) is 0 Å². The molecule has 2 N–H and O–H groups in total. The number of ketones is 2. The van der Waals surface area contributed by atoms with Crippen molar-refractivity contribution in [3.8, 4) is 22.6 Å². The van der Waals surface area contributed by atoms with E-state index in [0.29, 0.717) is 48.4 Å². The van der Waals surface area contributed by atoms with Gasteiger partial charge in [-0.3, -0.25) is 38.5 Å². The molecule has 6 rings (SSSR count). The first kappa shape index (κ1) is 40.6. The van der Waals surface area contributed by atoms with E-state index in [1.807, 2.05) is 42.2 Å². The van der Waals surface area contributed by atoms with Gasteiger partial charge in [0.05, 0.1) is 51.0 Å². The lowest BCUT2D eigenvalue weighted by Gasteiger charge is -2.27. The second kappa shape index (κ2) is 17.8. The highest BCUT2D eigenvalue weighted by Crippen LogP contribution is 2.38. The number of nitrogens with zero attached hydrogens (tertiary/aromatic N) is 3. The van der Waals surface area contributed by atoms with E-state index in [2.05, 4.69) is 10.6 Å². The summed E-state index contributed by atoms with van der Waals surface area (Å²) in [5.74, 6) is -0.785. The van der Waals surface area contributed by atoms with Gasteiger partial charge >= 0.3 is 0 Å². The van der Waals surface area contributed by atoms with Crippen molar-refractivity contribution in [2.24, 2.45) is 14.1 Å². The highest BCUT2D eigenvalue weighted by molar-refractivity contribution is 6.23. The number of hydrogen-bond donors (Lipinski definition) is 2. The standard InChI is InChI=1S/C42H47N5O10/c1-45-17-14-28-32(24-46(2)42(54)39(28)45)26-21-35(55-3)30(36(22-26)56-4)6-5-7-37(50)43-15-18-57-19-16-44-38(51)13-9-25-8-11-29-31(20-25)41(53)47(40(29)52)33-12-10-27(48)23-34(33)49/h8,11,14,17,20-22,24,33H,5-7,9-10,12-13,15-16,18-19,23H2,1-4H3,(H,43,50)(H,44,51). The van der Waals surface area contributed by atoms with Gasteiger partial charge in [0.15, 0.2) is 5.78 Å². The zero-order chi connectivity index (χ0) is 40.8. The number of nitrogens with one attached hydrogen (secondary N) is 2. The molecule has 2 aromatic heterocycles. The minimum Gasteiger partial charge on any atom is -0.496 e. The van der Waals surface area contributed by atoms with Gasteiger partial charge in [0, 0.05) is 75.4 Å². The molecule has 300 valence electrons. The highest BCUT2D eigenvalue weighted by atomic mass is 16.5. The Labute approximate surface area is 329 Å². The van der Waals surface area contributed by atoms with E-state index in [9.17, 15) is 33.6 Å². The molecule has 2 aliphatic rings. The van der Waals surface area contributed by atoms with Crippen molar-refractivity contribution in [1.82, 2.24) is 24.7 Å². The average Bonchev–Trinajstić information content (AvgIpc) is 3.70. The minimum atomic E-state index is -0.928. The maximum absolute atomic E-state index is 13.1. The minimum absolute atomic E-state index is 0.0836. The summed E-state index contributed by atoms with van der Waals surface area (Å²) >= 11 is 0. The second-order valence-electron chi connectivity index (χ2n) is 14.3. The Balaban J connectivity index is 0.883. The molecule has 0 bridgehead atoms. The normalized spacial score (nSPS) is 15.3. The Morgan fingerprint density at radius 3 is 2.12 bits per heavy atom. The number of hydrogen-bond acceptors (Lipinski definition) is 10. The molecule has 0 saturated heterocycles. The molecule has 1 aliphatic carbocycles. The smallest absolute Gasteiger partial charge is 0.274 e. The number of benzene rings is 2. The number of aryl methyl sites for hydroxylation is 3. The molecule has 1 fully saturated rings. The van der Waals surface area contributed by atoms with Gasteiger partial charge in [-0.05, 0) is 67.1 Å². The van der Waals surface area contributed by atoms with E-state index >= 15 is 0 Å². The molecule has 1 atom stereocenters. The third kappa shape index (κ3) is 8.83. The Hall–Kier alpha value is -6.09. The Bertz CT molecular complexity index is 2280. The van der Waals surface area contributed by atoms with Crippen molar-refractivity contribution in [2.75, 3.05) is 40.5 Å². The molecule has 4 amide bonds. The van der Waals surface area contributed by atoms with Crippen LogP contribution in [0.25, 0.3) is 22.0 Å². The number of carbonyl (C=O) groups is 6. The fraction of sp³-hybridized carbons (Fsp3) is 0.405. The van der Waals surface area contributed by atoms with Gasteiger partial charge in [0.25, 0.3) is 17.4 Å². The van der Waals surface area contributed by atoms with Crippen molar-refractivity contribution in [3.05, 3.63) is 81.4 Å². The van der Waals surface area contributed by atoms with E-state index in [0.717, 1.165) is 27.0 Å². The zero-order valence-electron chi connectivity index (χ0n) is 32.6. The van der Waals surface area contributed by atoms with E-state index in [1.54, 1.807) is 44.0 Å². The van der Waals surface area contributed by atoms with Crippen LogP contribution in [0.2, 0.25) is 0 Å². The summed E-state index contributed by atoms with van der Waals surface area (Å²) in [5, 5.41) is 6.47. The third-order valence-electron chi connectivity index (χ3n) is 10.5. The Morgan fingerprint density at radius 1 is 0.789 bits per heavy atom. The van der Waals surface area contributed by atoms with E-state index in [4.69, 9.17) is 14.2 Å². The van der Waals surface area contributed by atoms with Gasteiger partial charge in [-0.25, -0.2) is 0 Å². The predicted molar refractivity (Wildman–Crippen MR) is 209 cm³/mol. The van der Waals surface area contributed by atoms with Gasteiger partial charge in [-0.15, -0.1) is 0 Å². The SMILES string of the molecule is COc1cc(-c2cn(C)c(=O)c3c2ccn3C)cc(OC)c1CCCC(=O)NCCOCCNC(=O)CCc1ccc2c(c1)C(=O)N(C1CCC(=O)CC1=O)C2=O. The number of Topliss-reactive ketones (excluding diaryl/α,β-unsaturated/α-hetero) is 2. The van der Waals surface area contributed by atoms with E-state index in [1.165, 1.54) is 0 Å². The van der Waals surface area contributed by atoms with Crippen LogP contribution in [-0.4, -0.2) is 95.8 Å². The summed E-state index contributed by atoms with van der Waals surface area (Å²) in [6, 6.07) is 9.66. The van der Waals surface area contributed by atoms with Crippen molar-refractivity contribution in [2.45, 2.75) is 57.4 Å². The number of pyridine rings is 1. The van der Waals surface area contributed by atoms with Gasteiger partial charge in [-0.1, -0.05) is 6.07 Å². The van der Waals surface area contributed by atoms with Crippen LogP contribution in [0.3, 0.4) is 0 Å². The first-order valence-corrected chi connectivity index (χ1v) is 19.0. The lowest BCUT2D eigenvalue weighted by atomic mass is 9.92. The number of rotatable bonds is 17. The molecule has 1 unspecified atom stereocenters. The lowest BCUT2D eigenvalue weighted by molar-refractivity contribution is -0.132. The van der Waals surface area contributed by atoms with Gasteiger partial charge in [0.2, 0.25) is 11.8 Å². The van der Waals surface area contributed by atoms with E-state index < -0.39 is 23.6 Å². The summed E-state index contributed by atoms with van der Waals surface area (Å²) in [6.07, 6.45) is 5.55. The molecule has 1 saturated carbocycles. The Morgan fingerprint density at radius 2 is 1.46 bits per heavy atom.